The fourth-order valence-corrected chi connectivity index (χ4v) is 1.57. The van der Waals surface area contributed by atoms with Crippen LogP contribution in [0.4, 0.5) is 4.79 Å². The van der Waals surface area contributed by atoms with Gasteiger partial charge in [0.15, 0.2) is 0 Å². The zero-order valence-electron chi connectivity index (χ0n) is 11.2. The fraction of sp³-hybridized carbons (Fsp3) is 0.500. The lowest BCUT2D eigenvalue weighted by Gasteiger charge is -2.09. The van der Waals surface area contributed by atoms with E-state index in [1.165, 1.54) is 5.56 Å². The minimum Gasteiger partial charge on any atom is -0.382 e. The van der Waals surface area contributed by atoms with Crippen LogP contribution in [0.15, 0.2) is 24.3 Å². The van der Waals surface area contributed by atoms with Crippen molar-refractivity contribution in [1.82, 2.24) is 10.6 Å². The summed E-state index contributed by atoms with van der Waals surface area (Å²) in [6.07, 6.45) is 0.839. The maximum atomic E-state index is 11.5. The molecule has 0 spiro atoms. The van der Waals surface area contributed by atoms with Crippen molar-refractivity contribution in [3.05, 3.63) is 35.4 Å². The van der Waals surface area contributed by atoms with E-state index in [0.717, 1.165) is 18.6 Å². The molecule has 2 N–H and O–H groups in total. The van der Waals surface area contributed by atoms with E-state index in [1.807, 2.05) is 38.1 Å². The number of ether oxygens (including phenoxy) is 1. The van der Waals surface area contributed by atoms with Crippen molar-refractivity contribution >= 4 is 6.03 Å². The van der Waals surface area contributed by atoms with Crippen LogP contribution >= 0.6 is 0 Å². The summed E-state index contributed by atoms with van der Waals surface area (Å²) >= 11 is 0. The number of carbonyl (C=O) groups is 1. The molecule has 1 aromatic carbocycles. The molecule has 0 fully saturated rings. The molecule has 0 aromatic heterocycles. The summed E-state index contributed by atoms with van der Waals surface area (Å²) in [5.74, 6) is 0. The summed E-state index contributed by atoms with van der Waals surface area (Å²) in [5.41, 5.74) is 2.33. The van der Waals surface area contributed by atoms with Crippen LogP contribution in [0.25, 0.3) is 0 Å². The van der Waals surface area contributed by atoms with Gasteiger partial charge in [0.2, 0.25) is 0 Å². The van der Waals surface area contributed by atoms with Crippen molar-refractivity contribution in [3.63, 3.8) is 0 Å². The van der Waals surface area contributed by atoms with Crippen molar-refractivity contribution in [1.29, 1.82) is 0 Å². The maximum absolute atomic E-state index is 11.5. The number of hydrogen-bond acceptors (Lipinski definition) is 2. The number of carbonyl (C=O) groups excluding carboxylic acids is 1. The molecule has 0 radical (unpaired) electrons. The van der Waals surface area contributed by atoms with Gasteiger partial charge < -0.3 is 15.4 Å². The predicted octanol–water partition coefficient (Wildman–Crippen LogP) is 2.22. The van der Waals surface area contributed by atoms with Crippen molar-refractivity contribution < 1.29 is 9.53 Å². The van der Waals surface area contributed by atoms with E-state index in [1.54, 1.807) is 0 Å². The molecule has 0 unspecified atom stereocenters. The van der Waals surface area contributed by atoms with E-state index in [0.29, 0.717) is 19.7 Å². The third-order valence-electron chi connectivity index (χ3n) is 2.66. The Morgan fingerprint density at radius 3 is 2.78 bits per heavy atom. The second-order valence-corrected chi connectivity index (χ2v) is 4.09. The molecule has 4 nitrogen and oxygen atoms in total. The molecule has 1 rings (SSSR count). The number of aryl methyl sites for hydroxylation is 1. The molecule has 2 amide bonds. The Morgan fingerprint density at radius 2 is 2.06 bits per heavy atom. The second-order valence-electron chi connectivity index (χ2n) is 4.09. The van der Waals surface area contributed by atoms with Crippen LogP contribution in [0.1, 0.15) is 24.5 Å². The highest BCUT2D eigenvalue weighted by Crippen LogP contribution is 2.05. The van der Waals surface area contributed by atoms with Gasteiger partial charge in [-0.05, 0) is 31.4 Å². The summed E-state index contributed by atoms with van der Waals surface area (Å²) in [7, 11) is 0. The van der Waals surface area contributed by atoms with E-state index in [2.05, 4.69) is 10.6 Å². The molecule has 0 heterocycles. The molecule has 1 aromatic rings. The number of urea groups is 1. The van der Waals surface area contributed by atoms with Crippen molar-refractivity contribution in [2.24, 2.45) is 0 Å². The number of benzene rings is 1. The summed E-state index contributed by atoms with van der Waals surface area (Å²) in [4.78, 5) is 11.5. The van der Waals surface area contributed by atoms with Crippen LogP contribution in [-0.4, -0.2) is 25.8 Å². The monoisotopic (exact) mass is 250 g/mol. The average molecular weight is 250 g/mol. The van der Waals surface area contributed by atoms with Crippen LogP contribution in [0.3, 0.4) is 0 Å². The van der Waals surface area contributed by atoms with Gasteiger partial charge >= 0.3 is 6.03 Å². The molecule has 0 aliphatic heterocycles. The number of amides is 2. The maximum Gasteiger partial charge on any atom is 0.315 e. The Bertz CT molecular complexity index is 367. The lowest BCUT2D eigenvalue weighted by Crippen LogP contribution is -2.36. The van der Waals surface area contributed by atoms with Gasteiger partial charge in [0.1, 0.15) is 0 Å². The summed E-state index contributed by atoms with van der Waals surface area (Å²) < 4.78 is 5.19. The third kappa shape index (κ3) is 5.68. The van der Waals surface area contributed by atoms with Gasteiger partial charge in [-0.3, -0.25) is 0 Å². The quantitative estimate of drug-likeness (QED) is 0.729. The van der Waals surface area contributed by atoms with Gasteiger partial charge in [-0.25, -0.2) is 4.79 Å². The standard InChI is InChI=1S/C14H22N2O2/c1-3-18-10-6-9-15-14(17)16-11-13-8-5-4-7-12(13)2/h4-5,7-8H,3,6,9-11H2,1-2H3,(H2,15,16,17). The molecule has 0 atom stereocenters. The predicted molar refractivity (Wildman–Crippen MR) is 72.5 cm³/mol. The Morgan fingerprint density at radius 1 is 1.28 bits per heavy atom. The van der Waals surface area contributed by atoms with E-state index >= 15 is 0 Å². The SMILES string of the molecule is CCOCCCNC(=O)NCc1ccccc1C. The molecule has 100 valence electrons. The fourth-order valence-electron chi connectivity index (χ4n) is 1.57. The van der Waals surface area contributed by atoms with Crippen LogP contribution in [0.2, 0.25) is 0 Å². The molecular formula is C14H22N2O2. The van der Waals surface area contributed by atoms with Gasteiger partial charge in [-0.2, -0.15) is 0 Å². The smallest absolute Gasteiger partial charge is 0.315 e. The third-order valence-corrected chi connectivity index (χ3v) is 2.66. The largest absolute Gasteiger partial charge is 0.382 e. The molecular weight excluding hydrogens is 228 g/mol. The Labute approximate surface area is 109 Å². The van der Waals surface area contributed by atoms with Crippen molar-refractivity contribution in [2.45, 2.75) is 26.8 Å². The minimum absolute atomic E-state index is 0.130. The first kappa shape index (κ1) is 14.5. The summed E-state index contributed by atoms with van der Waals surface area (Å²) in [6.45, 7) is 6.61. The molecule has 18 heavy (non-hydrogen) atoms. The molecule has 4 heteroatoms. The minimum atomic E-state index is -0.130. The Hall–Kier alpha value is -1.55. The average Bonchev–Trinajstić information content (AvgIpc) is 2.37. The number of nitrogens with one attached hydrogen (secondary N) is 2. The van der Waals surface area contributed by atoms with Crippen molar-refractivity contribution in [2.75, 3.05) is 19.8 Å². The van der Waals surface area contributed by atoms with E-state index < -0.39 is 0 Å². The summed E-state index contributed by atoms with van der Waals surface area (Å²) in [6, 6.07) is 7.90. The first-order valence-corrected chi connectivity index (χ1v) is 6.38. The van der Waals surface area contributed by atoms with Gasteiger partial charge in [-0.1, -0.05) is 24.3 Å². The van der Waals surface area contributed by atoms with Crippen LogP contribution in [0.5, 0.6) is 0 Å². The lowest BCUT2D eigenvalue weighted by atomic mass is 10.1. The molecule has 0 saturated carbocycles. The summed E-state index contributed by atoms with van der Waals surface area (Å²) in [5, 5.41) is 5.64. The van der Waals surface area contributed by atoms with E-state index in [4.69, 9.17) is 4.74 Å². The Kier molecular flexibility index (Phi) is 6.87. The highest BCUT2D eigenvalue weighted by atomic mass is 16.5. The topological polar surface area (TPSA) is 50.4 Å². The zero-order chi connectivity index (χ0) is 13.2. The normalized spacial score (nSPS) is 10.1. The number of hydrogen-bond donors (Lipinski definition) is 2. The first-order valence-electron chi connectivity index (χ1n) is 6.38. The van der Waals surface area contributed by atoms with Crippen LogP contribution in [-0.2, 0) is 11.3 Å². The lowest BCUT2D eigenvalue weighted by molar-refractivity contribution is 0.145. The zero-order valence-corrected chi connectivity index (χ0v) is 11.2. The van der Waals surface area contributed by atoms with Gasteiger partial charge in [-0.15, -0.1) is 0 Å². The second kappa shape index (κ2) is 8.53. The van der Waals surface area contributed by atoms with E-state index in [-0.39, 0.29) is 6.03 Å². The van der Waals surface area contributed by atoms with Gasteiger partial charge in [0.05, 0.1) is 0 Å². The molecule has 0 aliphatic rings. The molecule has 0 aliphatic carbocycles. The van der Waals surface area contributed by atoms with E-state index in [9.17, 15) is 4.79 Å². The van der Waals surface area contributed by atoms with Gasteiger partial charge in [0, 0.05) is 26.3 Å². The molecule has 0 saturated heterocycles. The number of rotatable bonds is 7. The first-order chi connectivity index (χ1) is 8.74. The Balaban J connectivity index is 2.15. The molecule has 0 bridgehead atoms. The highest BCUT2D eigenvalue weighted by molar-refractivity contribution is 5.73. The highest BCUT2D eigenvalue weighted by Gasteiger charge is 2.01. The van der Waals surface area contributed by atoms with Crippen molar-refractivity contribution in [3.8, 4) is 0 Å². The van der Waals surface area contributed by atoms with Crippen LogP contribution in [0, 0.1) is 6.92 Å². The van der Waals surface area contributed by atoms with Gasteiger partial charge in [0.25, 0.3) is 0 Å². The van der Waals surface area contributed by atoms with Crippen LogP contribution < -0.4 is 10.6 Å².